The van der Waals surface area contributed by atoms with Crippen molar-refractivity contribution in [3.05, 3.63) is 23.6 Å². The van der Waals surface area contributed by atoms with Crippen molar-refractivity contribution in [3.63, 3.8) is 0 Å². The number of alkyl carbamates (subject to hydrolysis) is 1. The van der Waals surface area contributed by atoms with Gasteiger partial charge in [0.05, 0.1) is 24.8 Å². The van der Waals surface area contributed by atoms with Crippen LogP contribution in [0.4, 0.5) is 14.4 Å². The van der Waals surface area contributed by atoms with Crippen LogP contribution in [0.5, 0.6) is 0 Å². The molecule has 0 aliphatic rings. The summed E-state index contributed by atoms with van der Waals surface area (Å²) in [5, 5.41) is 35.9. The number of hydrogen-bond donors (Lipinski definition) is 7. The number of rotatable bonds is 14. The monoisotopic (exact) mass is 1100 g/mol. The smallest absolute Gasteiger partial charge is 0.481 e. The van der Waals surface area contributed by atoms with Gasteiger partial charge < -0.3 is 65.8 Å². The van der Waals surface area contributed by atoms with Crippen LogP contribution in [0.25, 0.3) is 0 Å². The molecule has 2 aromatic heterocycles. The second kappa shape index (κ2) is 50.7. The van der Waals surface area contributed by atoms with Crippen molar-refractivity contribution in [1.29, 1.82) is 0 Å². The van der Waals surface area contributed by atoms with E-state index in [1.54, 1.807) is 55.4 Å². The van der Waals surface area contributed by atoms with E-state index in [2.05, 4.69) is 35.8 Å². The maximum atomic E-state index is 11.3. The maximum absolute atomic E-state index is 11.3. The Labute approximate surface area is 441 Å². The molecule has 0 bridgehead atoms. The second-order valence-corrected chi connectivity index (χ2v) is 17.3. The number of carboxylic acid groups (broad SMARTS) is 2. The topological polar surface area (TPSA) is 394 Å². The summed E-state index contributed by atoms with van der Waals surface area (Å²) in [6.45, 7) is 27.1. The summed E-state index contributed by atoms with van der Waals surface area (Å²) in [5.74, 6) is 0.677. The molecule has 0 saturated heterocycles. The highest BCUT2D eigenvalue weighted by Crippen LogP contribution is 2.12. The van der Waals surface area contributed by atoms with Crippen LogP contribution in [-0.4, -0.2) is 133 Å². The minimum atomic E-state index is -1.06. The maximum Gasteiger partial charge on any atom is 0.519 e. The molecule has 0 saturated carbocycles. The molecule has 0 atom stereocenters. The average molecular weight is 1100 g/mol. The number of amides is 2. The Kier molecular flexibility index (Phi) is 58.9. The number of carboxylic acids is 2. The second-order valence-electron chi connectivity index (χ2n) is 16.5. The Hall–Kier alpha value is -5.21. The standard InChI is InChI=1S/C10H17N3O3.C10H18O5.C7H13NO2.C5H9N3O.C4H8O2.C3H7NO2.C3H7NO.CH2Cl2.CH4.ClH/c1-7-12-13-8(15-7)5-6-11-9(14)16-10(2,3)4;1-9(2,3)14-7(11)13-8(12)15-10(4,5)6;1-3-4-7(10)8-5-6(2)9;1-4-7-8-5(9-4)2-3-6;1-2-3-4(5)6;4-2-1-3(5)6;1-3(5)2-4;2-1-3;;/h5-6H2,1-4H3,(H,11,14);1-6H3;3-5H2,1-2H3,(H,8,10);2-3,6H2,1H3;2-3H2,1H3,(H,5,6);1-2,4H2,(H,5,6);2,4H2,1H3;1H2;1H4;1H. The van der Waals surface area contributed by atoms with Gasteiger partial charge in [0.1, 0.15) is 28.4 Å². The number of nitrogens with zero attached hydrogens (tertiary/aromatic N) is 4. The molecule has 0 spiro atoms. The molecule has 10 N–H and O–H groups in total. The average Bonchev–Trinajstić information content (AvgIpc) is 3.80. The lowest BCUT2D eigenvalue weighted by Crippen LogP contribution is -2.33. The Balaban J connectivity index is -0.000000113. The number of aliphatic carboxylic acids is 2. The number of nitrogens with one attached hydrogen (secondary N) is 2. The van der Waals surface area contributed by atoms with Crippen LogP contribution >= 0.6 is 35.6 Å². The van der Waals surface area contributed by atoms with Crippen molar-refractivity contribution in [2.45, 2.75) is 173 Å². The van der Waals surface area contributed by atoms with E-state index in [4.69, 9.17) is 73.7 Å². The lowest BCUT2D eigenvalue weighted by molar-refractivity contribution is -0.137. The molecule has 0 radical (unpaired) electrons. The molecule has 0 aliphatic heterocycles. The zero-order valence-corrected chi connectivity index (χ0v) is 46.3. The molecule has 0 unspecified atom stereocenters. The minimum absolute atomic E-state index is 0. The molecule has 424 valence electrons. The zero-order valence-electron chi connectivity index (χ0n) is 44.0. The molecule has 25 nitrogen and oxygen atoms in total. The largest absolute Gasteiger partial charge is 0.519 e. The summed E-state index contributed by atoms with van der Waals surface area (Å²) in [5.41, 5.74) is 13.0. The van der Waals surface area contributed by atoms with E-state index in [0.29, 0.717) is 62.3 Å². The van der Waals surface area contributed by atoms with Crippen LogP contribution in [0.1, 0.15) is 153 Å². The van der Waals surface area contributed by atoms with Crippen molar-refractivity contribution in [3.8, 4) is 0 Å². The lowest BCUT2D eigenvalue weighted by atomic mass is 10.2. The van der Waals surface area contributed by atoms with E-state index in [-0.39, 0.29) is 68.7 Å². The molecule has 2 aromatic rings. The van der Waals surface area contributed by atoms with Gasteiger partial charge in [-0.05, 0) is 89.0 Å². The number of halogens is 3. The number of aryl methyl sites for hydroxylation is 2. The predicted octanol–water partition coefficient (Wildman–Crippen LogP) is 6.99. The van der Waals surface area contributed by atoms with Gasteiger partial charge in [-0.2, -0.15) is 0 Å². The number of carbonyl (C=O) groups is 8. The molecule has 2 heterocycles. The first-order valence-electron chi connectivity index (χ1n) is 21.7. The van der Waals surface area contributed by atoms with Crippen LogP contribution in [0, 0.1) is 13.8 Å². The van der Waals surface area contributed by atoms with Crippen LogP contribution in [-0.2, 0) is 55.8 Å². The first-order chi connectivity index (χ1) is 32.1. The summed E-state index contributed by atoms with van der Waals surface area (Å²) in [6, 6.07) is 0. The predicted molar refractivity (Wildman–Crippen MR) is 275 cm³/mol. The van der Waals surface area contributed by atoms with E-state index in [1.165, 1.54) is 13.8 Å². The van der Waals surface area contributed by atoms with Crippen LogP contribution in [0.2, 0.25) is 0 Å². The summed E-state index contributed by atoms with van der Waals surface area (Å²) < 4.78 is 29.0. The molecule has 2 amide bonds. The third-order valence-electron chi connectivity index (χ3n) is 5.57. The van der Waals surface area contributed by atoms with Crippen molar-refractivity contribution < 1.29 is 76.4 Å². The fraction of sp³-hybridized carbons (Fsp3) is 0.727. The summed E-state index contributed by atoms with van der Waals surface area (Å²) in [4.78, 5) is 83.1. The fourth-order valence-corrected chi connectivity index (χ4v) is 3.07. The number of nitrogens with two attached hydrogens (primary N) is 3. The first-order valence-corrected chi connectivity index (χ1v) is 22.7. The highest BCUT2D eigenvalue weighted by molar-refractivity contribution is 6.40. The Morgan fingerprint density at radius 1 is 0.611 bits per heavy atom. The summed E-state index contributed by atoms with van der Waals surface area (Å²) in [7, 11) is 0. The number of alkyl halides is 2. The van der Waals surface area contributed by atoms with Gasteiger partial charge >= 0.3 is 30.3 Å². The molecule has 28 heteroatoms. The molecule has 0 aliphatic carbocycles. The Bertz CT molecular complexity index is 1690. The van der Waals surface area contributed by atoms with Gasteiger partial charge in [0.15, 0.2) is 0 Å². The van der Waals surface area contributed by atoms with Gasteiger partial charge in [-0.15, -0.1) is 56.0 Å². The number of ether oxygens (including phenoxy) is 4. The van der Waals surface area contributed by atoms with Gasteiger partial charge in [0.25, 0.3) is 0 Å². The van der Waals surface area contributed by atoms with Gasteiger partial charge in [-0.1, -0.05) is 21.3 Å². The number of aromatic nitrogens is 4. The first kappa shape index (κ1) is 83.6. The number of carbonyl (C=O) groups excluding carboxylic acids is 6. The van der Waals surface area contributed by atoms with Crippen molar-refractivity contribution in [2.24, 2.45) is 17.2 Å². The summed E-state index contributed by atoms with van der Waals surface area (Å²) >= 11 is 9.53. The van der Waals surface area contributed by atoms with E-state index in [1.807, 2.05) is 34.6 Å². The third kappa shape index (κ3) is 81.7. The van der Waals surface area contributed by atoms with E-state index >= 15 is 0 Å². The fourth-order valence-electron chi connectivity index (χ4n) is 3.07. The van der Waals surface area contributed by atoms with E-state index in [9.17, 15) is 38.4 Å². The summed E-state index contributed by atoms with van der Waals surface area (Å²) in [6.07, 6.45) is 1.03. The number of hydrogen-bond acceptors (Lipinski definition) is 21. The SMILES string of the molecule is C.CC(=O)CN.CC(C)(C)OC(=O)OC(=O)OC(C)(C)C.CCCC(=O)NCC(C)=O.CCCC(=O)O.Cc1nnc(CCN)o1.Cc1nnc(CCNC(=O)OC(C)(C)C)o1.Cl.ClCCl.NCCC(=O)O. The third-order valence-corrected chi connectivity index (χ3v) is 5.57. The molecule has 0 aromatic carbocycles. The molecule has 2 rings (SSSR count). The molecular formula is C44H86Cl3N9O16. The highest BCUT2D eigenvalue weighted by Gasteiger charge is 2.24. The quantitative estimate of drug-likeness (QED) is 0.0433. The van der Waals surface area contributed by atoms with Crippen LogP contribution < -0.4 is 27.8 Å². The zero-order chi connectivity index (χ0) is 56.1. The van der Waals surface area contributed by atoms with Crippen LogP contribution in [0.3, 0.4) is 0 Å². The van der Waals surface area contributed by atoms with Crippen molar-refractivity contribution >= 4 is 83.4 Å². The van der Waals surface area contributed by atoms with E-state index < -0.39 is 47.1 Å². The van der Waals surface area contributed by atoms with Gasteiger partial charge in [-0.25, -0.2) is 14.4 Å². The van der Waals surface area contributed by atoms with Crippen LogP contribution in [0.15, 0.2) is 8.83 Å². The van der Waals surface area contributed by atoms with Crippen molar-refractivity contribution in [1.82, 2.24) is 31.0 Å². The molecular weight excluding hydrogens is 1020 g/mol. The Morgan fingerprint density at radius 2 is 0.986 bits per heavy atom. The van der Waals surface area contributed by atoms with Crippen molar-refractivity contribution in [2.75, 3.05) is 38.1 Å². The minimum Gasteiger partial charge on any atom is -0.481 e. The van der Waals surface area contributed by atoms with E-state index in [0.717, 1.165) is 12.8 Å². The Morgan fingerprint density at radius 3 is 1.22 bits per heavy atom. The lowest BCUT2D eigenvalue weighted by Gasteiger charge is -2.20. The molecule has 0 fully saturated rings. The van der Waals surface area contributed by atoms with Gasteiger partial charge in [0.2, 0.25) is 29.5 Å². The van der Waals surface area contributed by atoms with Gasteiger partial charge in [-0.3, -0.25) is 24.0 Å². The molecule has 72 heavy (non-hydrogen) atoms. The van der Waals surface area contributed by atoms with Gasteiger partial charge in [0, 0.05) is 59.2 Å². The highest BCUT2D eigenvalue weighted by atomic mass is 35.5. The number of Topliss-reactive ketones (excluding diaryl/α,β-unsaturated/α-hetero) is 2. The normalized spacial score (nSPS) is 9.61. The number of ketones is 2.